The molecule has 0 aliphatic carbocycles. The Morgan fingerprint density at radius 1 is 1.14 bits per heavy atom. The number of sulfonamides is 1. The Bertz CT molecular complexity index is 870. The van der Waals surface area contributed by atoms with E-state index in [0.717, 1.165) is 0 Å². The van der Waals surface area contributed by atoms with Gasteiger partial charge in [0.2, 0.25) is 10.0 Å². The van der Waals surface area contributed by atoms with Crippen molar-refractivity contribution in [2.45, 2.75) is 4.90 Å². The number of benzene rings is 1. The van der Waals surface area contributed by atoms with E-state index in [2.05, 4.69) is 0 Å². The highest BCUT2D eigenvalue weighted by Gasteiger charge is 2.30. The van der Waals surface area contributed by atoms with Crippen LogP contribution in [0.5, 0.6) is 0 Å². The lowest BCUT2D eigenvalue weighted by Gasteiger charge is -2.31. The van der Waals surface area contributed by atoms with Crippen LogP contribution in [-0.4, -0.2) is 50.8 Å². The molecule has 3 rings (SSSR count). The summed E-state index contributed by atoms with van der Waals surface area (Å²) in [6, 6.07) is 6.04. The molecule has 1 fully saturated rings. The Morgan fingerprint density at radius 3 is 2.50 bits per heavy atom. The monoisotopic (exact) mass is 342 g/mol. The summed E-state index contributed by atoms with van der Waals surface area (Å²) in [6.07, 6.45) is 0. The van der Waals surface area contributed by atoms with Gasteiger partial charge in [-0.15, -0.1) is 0 Å². The van der Waals surface area contributed by atoms with Crippen molar-refractivity contribution in [1.29, 1.82) is 0 Å². The zero-order chi connectivity index (χ0) is 15.9. The lowest BCUT2D eigenvalue weighted by Crippen LogP contribution is -2.47. The van der Waals surface area contributed by atoms with Crippen molar-refractivity contribution < 1.29 is 12.8 Å². The molecule has 0 spiro atoms. The zero-order valence-corrected chi connectivity index (χ0v) is 13.5. The van der Waals surface area contributed by atoms with Crippen LogP contribution in [0.1, 0.15) is 0 Å². The molecule has 0 saturated carbocycles. The van der Waals surface area contributed by atoms with Gasteiger partial charge in [0.15, 0.2) is 4.90 Å². The molecule has 0 unspecified atom stereocenters. The van der Waals surface area contributed by atoms with E-state index in [1.165, 1.54) is 10.4 Å². The molecule has 1 aromatic carbocycles. The van der Waals surface area contributed by atoms with Gasteiger partial charge in [0.25, 0.3) is 0 Å². The van der Waals surface area contributed by atoms with Crippen molar-refractivity contribution in [3.05, 3.63) is 39.7 Å². The number of hydrogen-bond donors (Lipinski definition) is 0. The van der Waals surface area contributed by atoms with Gasteiger partial charge in [-0.1, -0.05) is 11.6 Å². The van der Waals surface area contributed by atoms with Gasteiger partial charge in [0.05, 0.1) is 0 Å². The van der Waals surface area contributed by atoms with Crippen LogP contribution < -0.4 is 5.63 Å². The number of fused-ring (bicyclic) bond motifs is 1. The van der Waals surface area contributed by atoms with Gasteiger partial charge in [0, 0.05) is 36.6 Å². The summed E-state index contributed by atoms with van der Waals surface area (Å²) >= 11 is 5.90. The fourth-order valence-electron chi connectivity index (χ4n) is 2.42. The molecule has 0 N–H and O–H groups in total. The first-order chi connectivity index (χ1) is 10.4. The summed E-state index contributed by atoms with van der Waals surface area (Å²) < 4.78 is 31.7. The molecule has 22 heavy (non-hydrogen) atoms. The maximum atomic E-state index is 12.7. The largest absolute Gasteiger partial charge is 0.422 e. The highest BCUT2D eigenvalue weighted by atomic mass is 35.5. The third kappa shape index (κ3) is 2.77. The van der Waals surface area contributed by atoms with Crippen molar-refractivity contribution >= 4 is 32.6 Å². The van der Waals surface area contributed by atoms with E-state index in [0.29, 0.717) is 42.2 Å². The fraction of sp³-hybridized carbons (Fsp3) is 0.357. The maximum absolute atomic E-state index is 12.7. The quantitative estimate of drug-likeness (QED) is 0.771. The first-order valence-electron chi connectivity index (χ1n) is 6.80. The maximum Gasteiger partial charge on any atom is 0.356 e. The third-order valence-corrected chi connectivity index (χ3v) is 5.86. The second-order valence-electron chi connectivity index (χ2n) is 5.29. The summed E-state index contributed by atoms with van der Waals surface area (Å²) in [4.78, 5) is 13.8. The molecule has 1 aromatic heterocycles. The average Bonchev–Trinajstić information content (AvgIpc) is 2.47. The van der Waals surface area contributed by atoms with E-state index < -0.39 is 15.6 Å². The van der Waals surface area contributed by atoms with E-state index in [-0.39, 0.29) is 4.90 Å². The first kappa shape index (κ1) is 15.5. The average molecular weight is 343 g/mol. The summed E-state index contributed by atoms with van der Waals surface area (Å²) in [6.45, 7) is 1.96. The summed E-state index contributed by atoms with van der Waals surface area (Å²) in [5.41, 5.74) is -0.541. The van der Waals surface area contributed by atoms with Crippen LogP contribution >= 0.6 is 11.6 Å². The smallest absolute Gasteiger partial charge is 0.356 e. The molecule has 0 radical (unpaired) electrons. The molecule has 8 heteroatoms. The van der Waals surface area contributed by atoms with Gasteiger partial charge in [-0.25, -0.2) is 13.2 Å². The Kier molecular flexibility index (Phi) is 3.98. The Hall–Kier alpha value is -1.41. The number of hydrogen-bond acceptors (Lipinski definition) is 5. The van der Waals surface area contributed by atoms with E-state index in [1.807, 2.05) is 11.9 Å². The normalized spacial score (nSPS) is 17.9. The molecule has 0 bridgehead atoms. The summed E-state index contributed by atoms with van der Waals surface area (Å²) in [7, 11) is -1.94. The molecule has 118 valence electrons. The van der Waals surface area contributed by atoms with E-state index >= 15 is 0 Å². The van der Waals surface area contributed by atoms with Gasteiger partial charge >= 0.3 is 5.63 Å². The number of piperazine rings is 1. The van der Waals surface area contributed by atoms with Crippen molar-refractivity contribution in [3.63, 3.8) is 0 Å². The molecular weight excluding hydrogens is 328 g/mol. The van der Waals surface area contributed by atoms with Gasteiger partial charge in [-0.05, 0) is 31.3 Å². The molecule has 0 amide bonds. The number of halogens is 1. The molecular formula is C14H15ClN2O4S. The Labute approximate surface area is 132 Å². The number of likely N-dealkylation sites (N-methyl/N-ethyl adjacent to an activating group) is 1. The summed E-state index contributed by atoms with van der Waals surface area (Å²) in [5, 5.41) is 0.934. The lowest BCUT2D eigenvalue weighted by molar-refractivity contribution is 0.222. The van der Waals surface area contributed by atoms with Crippen molar-refractivity contribution in [1.82, 2.24) is 9.21 Å². The van der Waals surface area contributed by atoms with Crippen LogP contribution in [0.4, 0.5) is 0 Å². The van der Waals surface area contributed by atoms with Crippen LogP contribution in [0.25, 0.3) is 11.0 Å². The summed E-state index contributed by atoms with van der Waals surface area (Å²) in [5.74, 6) is 0. The van der Waals surface area contributed by atoms with Crippen LogP contribution in [0.15, 0.2) is 38.4 Å². The standard InChI is InChI=1S/C14H15ClN2O4S/c1-16-4-6-17(7-5-16)22(19,20)13-9-10-8-11(15)2-3-12(10)21-14(13)18/h2-3,8-9H,4-7H2,1H3. The van der Waals surface area contributed by atoms with Crippen molar-refractivity contribution in [2.75, 3.05) is 33.2 Å². The molecule has 0 atom stereocenters. The highest BCUT2D eigenvalue weighted by Crippen LogP contribution is 2.22. The predicted molar refractivity (Wildman–Crippen MR) is 83.7 cm³/mol. The third-order valence-electron chi connectivity index (χ3n) is 3.74. The topological polar surface area (TPSA) is 70.8 Å². The highest BCUT2D eigenvalue weighted by molar-refractivity contribution is 7.89. The van der Waals surface area contributed by atoms with Gasteiger partial charge in [-0.2, -0.15) is 4.31 Å². The van der Waals surface area contributed by atoms with E-state index in [4.69, 9.17) is 16.0 Å². The van der Waals surface area contributed by atoms with Crippen LogP contribution in [0.3, 0.4) is 0 Å². The lowest BCUT2D eigenvalue weighted by atomic mass is 10.2. The number of nitrogens with zero attached hydrogens (tertiary/aromatic N) is 2. The minimum atomic E-state index is -3.86. The molecule has 6 nitrogen and oxygen atoms in total. The van der Waals surface area contributed by atoms with Crippen molar-refractivity contribution in [2.24, 2.45) is 0 Å². The minimum Gasteiger partial charge on any atom is -0.422 e. The molecule has 1 aliphatic rings. The molecule has 1 aliphatic heterocycles. The van der Waals surface area contributed by atoms with Gasteiger partial charge < -0.3 is 9.32 Å². The SMILES string of the molecule is CN1CCN(S(=O)(=O)c2cc3cc(Cl)ccc3oc2=O)CC1. The molecule has 1 saturated heterocycles. The van der Waals surface area contributed by atoms with Crippen molar-refractivity contribution in [3.8, 4) is 0 Å². The molecule has 2 heterocycles. The van der Waals surface area contributed by atoms with E-state index in [9.17, 15) is 13.2 Å². The van der Waals surface area contributed by atoms with Gasteiger partial charge in [0.1, 0.15) is 5.58 Å². The molecule has 2 aromatic rings. The second kappa shape index (κ2) is 5.66. The van der Waals surface area contributed by atoms with Crippen LogP contribution in [0, 0.1) is 0 Å². The Morgan fingerprint density at radius 2 is 1.82 bits per heavy atom. The second-order valence-corrected chi connectivity index (χ2v) is 7.63. The fourth-order valence-corrected chi connectivity index (χ4v) is 4.05. The number of rotatable bonds is 2. The van der Waals surface area contributed by atoms with E-state index in [1.54, 1.807) is 18.2 Å². The predicted octanol–water partition coefficient (Wildman–Crippen LogP) is 1.38. The van der Waals surface area contributed by atoms with Crippen LogP contribution in [-0.2, 0) is 10.0 Å². The van der Waals surface area contributed by atoms with Gasteiger partial charge in [-0.3, -0.25) is 0 Å². The van der Waals surface area contributed by atoms with Crippen LogP contribution in [0.2, 0.25) is 5.02 Å². The Balaban J connectivity index is 2.08. The zero-order valence-electron chi connectivity index (χ0n) is 12.0. The minimum absolute atomic E-state index is 0.312. The first-order valence-corrected chi connectivity index (χ1v) is 8.62.